The van der Waals surface area contributed by atoms with Crippen LogP contribution in [0.2, 0.25) is 0 Å². The van der Waals surface area contributed by atoms with Crippen LogP contribution in [-0.2, 0) is 13.6 Å². The number of aryl methyl sites for hydroxylation is 1. The quantitative estimate of drug-likeness (QED) is 0.664. The molecule has 3 aromatic rings. The summed E-state index contributed by atoms with van der Waals surface area (Å²) in [6.45, 7) is -1.26. The molecular weight excluding hydrogens is 377 g/mol. The van der Waals surface area contributed by atoms with Crippen molar-refractivity contribution in [3.05, 3.63) is 54.3 Å². The van der Waals surface area contributed by atoms with Crippen molar-refractivity contribution in [2.45, 2.75) is 12.7 Å². The molecule has 2 amide bonds. The fourth-order valence-corrected chi connectivity index (χ4v) is 2.38. The Hall–Kier alpha value is -3.43. The summed E-state index contributed by atoms with van der Waals surface area (Å²) in [5.41, 5.74) is 1.16. The Kier molecular flexibility index (Phi) is 5.57. The number of nitrogens with zero attached hydrogens (tertiary/aromatic N) is 2. The molecule has 0 radical (unpaired) electrons. The average Bonchev–Trinajstić information content (AvgIpc) is 3.28. The summed E-state index contributed by atoms with van der Waals surface area (Å²) in [7, 11) is 1.67. The third kappa shape index (κ3) is 5.29. The maximum atomic E-state index is 12.2. The summed E-state index contributed by atoms with van der Waals surface area (Å²) < 4.78 is 48.1. The number of anilines is 1. The van der Waals surface area contributed by atoms with Gasteiger partial charge in [0.15, 0.2) is 12.4 Å². The molecule has 2 heterocycles. The molecule has 0 atom stereocenters. The number of hydrogen-bond donors (Lipinski definition) is 2. The second-order valence-electron chi connectivity index (χ2n) is 5.87. The second-order valence-corrected chi connectivity index (χ2v) is 5.87. The van der Waals surface area contributed by atoms with Gasteiger partial charge in [0.25, 0.3) is 0 Å². The van der Waals surface area contributed by atoms with Crippen LogP contribution in [0.15, 0.2) is 53.1 Å². The molecule has 0 saturated carbocycles. The zero-order valence-corrected chi connectivity index (χ0v) is 14.8. The third-order valence-electron chi connectivity index (χ3n) is 3.65. The Morgan fingerprint density at radius 1 is 1.25 bits per heavy atom. The van der Waals surface area contributed by atoms with E-state index in [4.69, 9.17) is 9.15 Å². The van der Waals surface area contributed by atoms with Gasteiger partial charge in [0.1, 0.15) is 17.3 Å². The molecule has 0 fully saturated rings. The average molecular weight is 394 g/mol. The van der Waals surface area contributed by atoms with E-state index in [1.54, 1.807) is 37.4 Å². The van der Waals surface area contributed by atoms with E-state index < -0.39 is 18.8 Å². The molecule has 0 bridgehead atoms. The SMILES string of the molecule is Cn1nc(-c2ccco2)cc1NC(=O)NCc1cccc(OCC(F)(F)F)c1. The highest BCUT2D eigenvalue weighted by atomic mass is 19.4. The number of alkyl halides is 3. The number of amides is 2. The first kappa shape index (κ1) is 19.3. The number of aromatic nitrogens is 2. The van der Waals surface area contributed by atoms with E-state index in [9.17, 15) is 18.0 Å². The van der Waals surface area contributed by atoms with Crippen LogP contribution < -0.4 is 15.4 Å². The van der Waals surface area contributed by atoms with Crippen LogP contribution in [0.1, 0.15) is 5.56 Å². The molecule has 3 rings (SSSR count). The lowest BCUT2D eigenvalue weighted by atomic mass is 10.2. The van der Waals surface area contributed by atoms with Crippen molar-refractivity contribution in [2.75, 3.05) is 11.9 Å². The molecule has 10 heteroatoms. The molecule has 0 aliphatic rings. The van der Waals surface area contributed by atoms with Crippen LogP contribution in [0.5, 0.6) is 5.75 Å². The first-order chi connectivity index (χ1) is 13.3. The monoisotopic (exact) mass is 394 g/mol. The maximum absolute atomic E-state index is 12.2. The van der Waals surface area contributed by atoms with Crippen molar-refractivity contribution in [3.8, 4) is 17.2 Å². The van der Waals surface area contributed by atoms with Crippen LogP contribution in [0, 0.1) is 0 Å². The van der Waals surface area contributed by atoms with Gasteiger partial charge in [-0.05, 0) is 29.8 Å². The third-order valence-corrected chi connectivity index (χ3v) is 3.65. The van der Waals surface area contributed by atoms with E-state index in [2.05, 4.69) is 15.7 Å². The van der Waals surface area contributed by atoms with Crippen molar-refractivity contribution in [1.82, 2.24) is 15.1 Å². The molecule has 7 nitrogen and oxygen atoms in total. The zero-order chi connectivity index (χ0) is 20.1. The summed E-state index contributed by atoms with van der Waals surface area (Å²) in [4.78, 5) is 12.1. The maximum Gasteiger partial charge on any atom is 0.422 e. The molecular formula is C18H17F3N4O3. The van der Waals surface area contributed by atoms with E-state index in [1.807, 2.05) is 0 Å². The number of furan rings is 1. The first-order valence-electron chi connectivity index (χ1n) is 8.21. The van der Waals surface area contributed by atoms with Crippen molar-refractivity contribution < 1.29 is 27.1 Å². The van der Waals surface area contributed by atoms with Crippen LogP contribution in [-0.4, -0.2) is 28.6 Å². The Bertz CT molecular complexity index is 936. The lowest BCUT2D eigenvalue weighted by molar-refractivity contribution is -0.153. The summed E-state index contributed by atoms with van der Waals surface area (Å²) in [5.74, 6) is 1.10. The van der Waals surface area contributed by atoms with Crippen molar-refractivity contribution in [1.29, 1.82) is 0 Å². The van der Waals surface area contributed by atoms with Gasteiger partial charge in [-0.1, -0.05) is 12.1 Å². The summed E-state index contributed by atoms with van der Waals surface area (Å²) >= 11 is 0. The largest absolute Gasteiger partial charge is 0.484 e. The standard InChI is InChI=1S/C18H17F3N4O3/c1-25-16(9-14(24-25)15-6-3-7-27-15)23-17(26)22-10-12-4-2-5-13(8-12)28-11-18(19,20)21/h2-9H,10-11H2,1H3,(H2,22,23,26). The molecule has 0 aliphatic heterocycles. The van der Waals surface area contributed by atoms with Gasteiger partial charge < -0.3 is 14.5 Å². The topological polar surface area (TPSA) is 81.3 Å². The molecule has 2 aromatic heterocycles. The van der Waals surface area contributed by atoms with Crippen molar-refractivity contribution in [3.63, 3.8) is 0 Å². The van der Waals surface area contributed by atoms with E-state index >= 15 is 0 Å². The van der Waals surface area contributed by atoms with Gasteiger partial charge in [-0.2, -0.15) is 18.3 Å². The minimum Gasteiger partial charge on any atom is -0.484 e. The van der Waals surface area contributed by atoms with Gasteiger partial charge in [-0.25, -0.2) is 4.79 Å². The van der Waals surface area contributed by atoms with Gasteiger partial charge >= 0.3 is 12.2 Å². The van der Waals surface area contributed by atoms with Crippen LogP contribution in [0.3, 0.4) is 0 Å². The lowest BCUT2D eigenvalue weighted by Crippen LogP contribution is -2.29. The van der Waals surface area contributed by atoms with Gasteiger partial charge in [0.05, 0.1) is 6.26 Å². The predicted molar refractivity (Wildman–Crippen MR) is 94.8 cm³/mol. The van der Waals surface area contributed by atoms with Gasteiger partial charge in [0, 0.05) is 19.7 Å². The summed E-state index contributed by atoms with van der Waals surface area (Å²) in [6, 6.07) is 10.7. The van der Waals surface area contributed by atoms with E-state index in [1.165, 1.54) is 23.1 Å². The summed E-state index contributed by atoms with van der Waals surface area (Å²) in [5, 5.41) is 9.53. The first-order valence-corrected chi connectivity index (χ1v) is 8.21. The summed E-state index contributed by atoms with van der Waals surface area (Å²) in [6.07, 6.45) is -2.89. The molecule has 0 spiro atoms. The molecule has 148 valence electrons. The zero-order valence-electron chi connectivity index (χ0n) is 14.8. The van der Waals surface area contributed by atoms with Crippen molar-refractivity contribution >= 4 is 11.8 Å². The molecule has 1 aromatic carbocycles. The van der Waals surface area contributed by atoms with Crippen molar-refractivity contribution in [2.24, 2.45) is 7.05 Å². The highest BCUT2D eigenvalue weighted by Crippen LogP contribution is 2.22. The minimum atomic E-state index is -4.41. The van der Waals surface area contributed by atoms with Crippen LogP contribution >= 0.6 is 0 Å². The van der Waals surface area contributed by atoms with Crippen LogP contribution in [0.4, 0.5) is 23.8 Å². The Balaban J connectivity index is 1.55. The normalized spacial score (nSPS) is 11.3. The number of ether oxygens (including phenoxy) is 1. The Labute approximate surface area is 158 Å². The molecule has 28 heavy (non-hydrogen) atoms. The predicted octanol–water partition coefficient (Wildman–Crippen LogP) is 3.94. The highest BCUT2D eigenvalue weighted by molar-refractivity contribution is 5.88. The fraction of sp³-hybridized carbons (Fsp3) is 0.222. The number of urea groups is 1. The van der Waals surface area contributed by atoms with Gasteiger partial charge in [-0.3, -0.25) is 10.00 Å². The number of halogens is 3. The molecule has 2 N–H and O–H groups in total. The Morgan fingerprint density at radius 3 is 2.79 bits per heavy atom. The molecule has 0 saturated heterocycles. The number of hydrogen-bond acceptors (Lipinski definition) is 4. The minimum absolute atomic E-state index is 0.0757. The number of nitrogens with one attached hydrogen (secondary N) is 2. The number of carbonyl (C=O) groups is 1. The van der Waals surface area contributed by atoms with E-state index in [0.717, 1.165) is 0 Å². The smallest absolute Gasteiger partial charge is 0.422 e. The van der Waals surface area contributed by atoms with Gasteiger partial charge in [0.2, 0.25) is 0 Å². The van der Waals surface area contributed by atoms with E-state index in [0.29, 0.717) is 22.8 Å². The molecule has 0 unspecified atom stereocenters. The van der Waals surface area contributed by atoms with Gasteiger partial charge in [-0.15, -0.1) is 0 Å². The number of benzene rings is 1. The number of carbonyl (C=O) groups excluding carboxylic acids is 1. The fourth-order valence-electron chi connectivity index (χ4n) is 2.38. The number of rotatable bonds is 6. The molecule has 0 aliphatic carbocycles. The Morgan fingerprint density at radius 2 is 2.07 bits per heavy atom. The highest BCUT2D eigenvalue weighted by Gasteiger charge is 2.28. The van der Waals surface area contributed by atoms with Crippen LogP contribution in [0.25, 0.3) is 11.5 Å². The second kappa shape index (κ2) is 8.07. The lowest BCUT2D eigenvalue weighted by Gasteiger charge is -2.11. The van der Waals surface area contributed by atoms with E-state index in [-0.39, 0.29) is 12.3 Å².